The molecule has 0 aliphatic rings. The van der Waals surface area contributed by atoms with Crippen LogP contribution >= 0.6 is 0 Å². The predicted molar refractivity (Wildman–Crippen MR) is 91.4 cm³/mol. The summed E-state index contributed by atoms with van der Waals surface area (Å²) in [6.07, 6.45) is 1.47. The van der Waals surface area contributed by atoms with Crippen molar-refractivity contribution in [3.63, 3.8) is 0 Å². The molecule has 2 amide bonds. The van der Waals surface area contributed by atoms with Crippen LogP contribution in [0.25, 0.3) is 10.9 Å². The lowest BCUT2D eigenvalue weighted by Gasteiger charge is -2.07. The minimum Gasteiger partial charge on any atom is -0.464 e. The van der Waals surface area contributed by atoms with E-state index in [4.69, 9.17) is 0 Å². The molecule has 9 nitrogen and oxygen atoms in total. The van der Waals surface area contributed by atoms with Crippen LogP contribution < -0.4 is 10.6 Å². The van der Waals surface area contributed by atoms with E-state index in [-0.39, 0.29) is 11.7 Å². The van der Waals surface area contributed by atoms with Crippen LogP contribution in [0.2, 0.25) is 0 Å². The maximum atomic E-state index is 12.0. The lowest BCUT2D eigenvalue weighted by atomic mass is 10.2. The monoisotopic (exact) mass is 342 g/mol. The SMILES string of the molecule is COC(=O)c1cn(CCNC(=O)Nc2ccc3[nH]c(C)cc3c2)nn1. The highest BCUT2D eigenvalue weighted by Crippen LogP contribution is 2.19. The Kier molecular flexibility index (Phi) is 4.64. The van der Waals surface area contributed by atoms with Crippen molar-refractivity contribution in [2.45, 2.75) is 13.5 Å². The number of carbonyl (C=O) groups is 2. The molecule has 3 rings (SSSR count). The van der Waals surface area contributed by atoms with E-state index in [0.717, 1.165) is 16.6 Å². The van der Waals surface area contributed by atoms with Crippen LogP contribution in [0.3, 0.4) is 0 Å². The van der Waals surface area contributed by atoms with Crippen molar-refractivity contribution in [1.82, 2.24) is 25.3 Å². The molecule has 0 saturated heterocycles. The first kappa shape index (κ1) is 16.5. The van der Waals surface area contributed by atoms with Crippen molar-refractivity contribution in [3.8, 4) is 0 Å². The number of nitrogens with one attached hydrogen (secondary N) is 3. The molecule has 3 N–H and O–H groups in total. The molecular formula is C16H18N6O3. The minimum atomic E-state index is -0.549. The zero-order chi connectivity index (χ0) is 17.8. The highest BCUT2D eigenvalue weighted by Gasteiger charge is 2.10. The molecule has 0 aliphatic carbocycles. The average molecular weight is 342 g/mol. The van der Waals surface area contributed by atoms with E-state index in [1.165, 1.54) is 18.0 Å². The van der Waals surface area contributed by atoms with Gasteiger partial charge in [-0.25, -0.2) is 14.3 Å². The molecule has 130 valence electrons. The van der Waals surface area contributed by atoms with Gasteiger partial charge in [0, 0.05) is 28.8 Å². The van der Waals surface area contributed by atoms with Gasteiger partial charge in [-0.05, 0) is 31.2 Å². The second-order valence-corrected chi connectivity index (χ2v) is 5.49. The number of nitrogens with zero attached hydrogens (tertiary/aromatic N) is 3. The molecular weight excluding hydrogens is 324 g/mol. The molecule has 0 unspecified atom stereocenters. The number of hydrogen-bond acceptors (Lipinski definition) is 5. The van der Waals surface area contributed by atoms with Gasteiger partial charge in [0.2, 0.25) is 0 Å². The first-order valence-corrected chi connectivity index (χ1v) is 7.68. The van der Waals surface area contributed by atoms with E-state index in [9.17, 15) is 9.59 Å². The topological polar surface area (TPSA) is 114 Å². The number of aryl methyl sites for hydroxylation is 1. The van der Waals surface area contributed by atoms with Crippen LogP contribution in [-0.4, -0.2) is 45.6 Å². The van der Waals surface area contributed by atoms with Gasteiger partial charge in [0.05, 0.1) is 19.9 Å². The van der Waals surface area contributed by atoms with E-state index >= 15 is 0 Å². The molecule has 0 spiro atoms. The number of fused-ring (bicyclic) bond motifs is 1. The van der Waals surface area contributed by atoms with Gasteiger partial charge < -0.3 is 20.4 Å². The standard InChI is InChI=1S/C16H18N6O3/c1-10-7-11-8-12(3-4-13(11)18-10)19-16(24)17-5-6-22-9-14(20-21-22)15(23)25-2/h3-4,7-9,18H,5-6H2,1-2H3,(H2,17,19,24). The zero-order valence-corrected chi connectivity index (χ0v) is 13.9. The largest absolute Gasteiger partial charge is 0.464 e. The van der Waals surface area contributed by atoms with Crippen LogP contribution in [0.15, 0.2) is 30.5 Å². The van der Waals surface area contributed by atoms with E-state index in [0.29, 0.717) is 18.8 Å². The normalized spacial score (nSPS) is 10.6. The second kappa shape index (κ2) is 7.04. The summed E-state index contributed by atoms with van der Waals surface area (Å²) in [7, 11) is 1.28. The first-order chi connectivity index (χ1) is 12.0. The van der Waals surface area contributed by atoms with Gasteiger partial charge in [0.1, 0.15) is 0 Å². The molecule has 3 aromatic rings. The van der Waals surface area contributed by atoms with Crippen molar-refractivity contribution in [1.29, 1.82) is 0 Å². The highest BCUT2D eigenvalue weighted by atomic mass is 16.5. The number of benzene rings is 1. The third kappa shape index (κ3) is 3.94. The first-order valence-electron chi connectivity index (χ1n) is 7.68. The summed E-state index contributed by atoms with van der Waals surface area (Å²) in [6, 6.07) is 7.35. The molecule has 0 atom stereocenters. The molecule has 0 radical (unpaired) electrons. The van der Waals surface area contributed by atoms with E-state index in [1.807, 2.05) is 31.2 Å². The third-order valence-electron chi connectivity index (χ3n) is 3.57. The van der Waals surface area contributed by atoms with E-state index < -0.39 is 5.97 Å². The Hall–Kier alpha value is -3.36. The van der Waals surface area contributed by atoms with Gasteiger partial charge in [0.15, 0.2) is 5.69 Å². The Morgan fingerprint density at radius 1 is 1.32 bits per heavy atom. The minimum absolute atomic E-state index is 0.127. The summed E-state index contributed by atoms with van der Waals surface area (Å²) >= 11 is 0. The maximum absolute atomic E-state index is 12.0. The lowest BCUT2D eigenvalue weighted by molar-refractivity contribution is 0.0594. The number of rotatable bonds is 5. The summed E-state index contributed by atoms with van der Waals surface area (Å²) in [4.78, 5) is 26.5. The Bertz CT molecular complexity index is 914. The van der Waals surface area contributed by atoms with Crippen molar-refractivity contribution in [3.05, 3.63) is 41.9 Å². The lowest BCUT2D eigenvalue weighted by Crippen LogP contribution is -2.31. The van der Waals surface area contributed by atoms with Crippen molar-refractivity contribution < 1.29 is 14.3 Å². The number of H-pyrrole nitrogens is 1. The van der Waals surface area contributed by atoms with Crippen LogP contribution in [-0.2, 0) is 11.3 Å². The Balaban J connectivity index is 1.50. The van der Waals surface area contributed by atoms with Crippen molar-refractivity contribution in [2.24, 2.45) is 0 Å². The molecule has 0 aliphatic heterocycles. The molecule has 0 saturated carbocycles. The van der Waals surface area contributed by atoms with E-state index in [2.05, 4.69) is 30.7 Å². The van der Waals surface area contributed by atoms with Gasteiger partial charge >= 0.3 is 12.0 Å². The Labute approximate surface area is 143 Å². The predicted octanol–water partition coefficient (Wildman–Crippen LogP) is 1.68. The summed E-state index contributed by atoms with van der Waals surface area (Å²) in [6.45, 7) is 2.70. The highest BCUT2D eigenvalue weighted by molar-refractivity contribution is 5.93. The summed E-state index contributed by atoms with van der Waals surface area (Å²) in [5, 5.41) is 14.0. The van der Waals surface area contributed by atoms with Gasteiger partial charge in [-0.2, -0.15) is 0 Å². The Morgan fingerprint density at radius 2 is 2.16 bits per heavy atom. The van der Waals surface area contributed by atoms with Crippen LogP contribution in [0, 0.1) is 6.92 Å². The third-order valence-corrected chi connectivity index (χ3v) is 3.57. The fraction of sp³-hybridized carbons (Fsp3) is 0.250. The number of urea groups is 1. The number of hydrogen-bond donors (Lipinski definition) is 3. The molecule has 2 heterocycles. The van der Waals surface area contributed by atoms with Crippen molar-refractivity contribution in [2.75, 3.05) is 19.0 Å². The number of amides is 2. The second-order valence-electron chi connectivity index (χ2n) is 5.49. The van der Waals surface area contributed by atoms with Crippen LogP contribution in [0.4, 0.5) is 10.5 Å². The molecule has 9 heteroatoms. The number of aromatic amines is 1. The fourth-order valence-electron chi connectivity index (χ4n) is 2.42. The molecule has 1 aromatic carbocycles. The van der Waals surface area contributed by atoms with Gasteiger partial charge in [0.25, 0.3) is 0 Å². The smallest absolute Gasteiger partial charge is 0.360 e. The quantitative estimate of drug-likeness (QED) is 0.610. The molecule has 2 aromatic heterocycles. The van der Waals surface area contributed by atoms with Crippen LogP contribution in [0.1, 0.15) is 16.2 Å². The summed E-state index contributed by atoms with van der Waals surface area (Å²) in [5.41, 5.74) is 2.92. The van der Waals surface area contributed by atoms with Crippen molar-refractivity contribution >= 4 is 28.6 Å². The van der Waals surface area contributed by atoms with Gasteiger partial charge in [-0.3, -0.25) is 0 Å². The molecule has 0 fully saturated rings. The van der Waals surface area contributed by atoms with Crippen LogP contribution in [0.5, 0.6) is 0 Å². The maximum Gasteiger partial charge on any atom is 0.360 e. The number of carbonyl (C=O) groups excluding carboxylic acids is 2. The number of ether oxygens (including phenoxy) is 1. The zero-order valence-electron chi connectivity index (χ0n) is 13.9. The van der Waals surface area contributed by atoms with Gasteiger partial charge in [-0.15, -0.1) is 5.10 Å². The van der Waals surface area contributed by atoms with Gasteiger partial charge in [-0.1, -0.05) is 5.21 Å². The molecule has 25 heavy (non-hydrogen) atoms. The Morgan fingerprint density at radius 3 is 2.96 bits per heavy atom. The summed E-state index contributed by atoms with van der Waals surface area (Å²) < 4.78 is 6.01. The number of methoxy groups -OCH3 is 1. The molecule has 0 bridgehead atoms. The number of aromatic nitrogens is 4. The number of anilines is 1. The fourth-order valence-corrected chi connectivity index (χ4v) is 2.42. The average Bonchev–Trinajstić information content (AvgIpc) is 3.19. The van der Waals surface area contributed by atoms with E-state index in [1.54, 1.807) is 0 Å². The number of esters is 1. The summed E-state index contributed by atoms with van der Waals surface area (Å²) in [5.74, 6) is -0.549.